The van der Waals surface area contributed by atoms with Gasteiger partial charge in [-0.05, 0) is 22.4 Å². The fourth-order valence-corrected chi connectivity index (χ4v) is 1.83. The Labute approximate surface area is 90.7 Å². The van der Waals surface area contributed by atoms with E-state index in [4.69, 9.17) is 5.73 Å². The van der Waals surface area contributed by atoms with Crippen LogP contribution in [-0.4, -0.2) is 0 Å². The summed E-state index contributed by atoms with van der Waals surface area (Å²) in [5.74, 6) is 0. The summed E-state index contributed by atoms with van der Waals surface area (Å²) in [5.41, 5.74) is 5.36. The molecule has 2 N–H and O–H groups in total. The van der Waals surface area contributed by atoms with Crippen molar-refractivity contribution in [2.75, 3.05) is 0 Å². The first-order valence-electron chi connectivity index (χ1n) is 4.82. The minimum Gasteiger partial charge on any atom is -0.326 e. The van der Waals surface area contributed by atoms with Gasteiger partial charge < -0.3 is 5.73 Å². The van der Waals surface area contributed by atoms with Gasteiger partial charge in [-0.25, -0.2) is 0 Å². The van der Waals surface area contributed by atoms with Crippen LogP contribution >= 0.6 is 0 Å². The predicted octanol–water partition coefficient (Wildman–Crippen LogP) is 3.32. The summed E-state index contributed by atoms with van der Waals surface area (Å²) in [6.07, 6.45) is -4.34. The molecule has 0 aliphatic rings. The first kappa shape index (κ1) is 11.0. The first-order chi connectivity index (χ1) is 7.54. The molecule has 0 aliphatic heterocycles. The minimum absolute atomic E-state index is 0.102. The normalized spacial score (nSPS) is 12.0. The molecular formula is C12H10F3N. The molecule has 16 heavy (non-hydrogen) atoms. The van der Waals surface area contributed by atoms with Crippen molar-refractivity contribution >= 4 is 10.8 Å². The molecule has 2 rings (SSSR count). The Morgan fingerprint density at radius 2 is 1.62 bits per heavy atom. The van der Waals surface area contributed by atoms with Crippen molar-refractivity contribution in [3.8, 4) is 0 Å². The zero-order valence-electron chi connectivity index (χ0n) is 8.38. The number of benzene rings is 2. The molecule has 0 saturated heterocycles. The van der Waals surface area contributed by atoms with Gasteiger partial charge in [-0.3, -0.25) is 0 Å². The van der Waals surface area contributed by atoms with E-state index in [1.54, 1.807) is 24.3 Å². The molecule has 0 aliphatic carbocycles. The SMILES string of the molecule is NCc1cccc2cccc(C(F)(F)F)c12. The highest BCUT2D eigenvalue weighted by Crippen LogP contribution is 2.36. The van der Waals surface area contributed by atoms with Crippen LogP contribution in [0, 0.1) is 0 Å². The zero-order chi connectivity index (χ0) is 11.8. The zero-order valence-corrected chi connectivity index (χ0v) is 8.38. The fourth-order valence-electron chi connectivity index (χ4n) is 1.83. The lowest BCUT2D eigenvalue weighted by Gasteiger charge is -2.13. The molecule has 0 atom stereocenters. The molecule has 0 fully saturated rings. The van der Waals surface area contributed by atoms with Crippen molar-refractivity contribution in [2.45, 2.75) is 12.7 Å². The van der Waals surface area contributed by atoms with Crippen molar-refractivity contribution in [1.82, 2.24) is 0 Å². The van der Waals surface area contributed by atoms with Crippen molar-refractivity contribution in [2.24, 2.45) is 5.73 Å². The summed E-state index contributed by atoms with van der Waals surface area (Å²) in [7, 11) is 0. The molecule has 84 valence electrons. The van der Waals surface area contributed by atoms with Crippen LogP contribution in [0.15, 0.2) is 36.4 Å². The molecule has 2 aromatic rings. The maximum atomic E-state index is 12.8. The third-order valence-corrected chi connectivity index (χ3v) is 2.52. The Morgan fingerprint density at radius 3 is 2.19 bits per heavy atom. The molecule has 0 heterocycles. The number of rotatable bonds is 1. The number of hydrogen-bond donors (Lipinski definition) is 1. The second kappa shape index (κ2) is 3.79. The van der Waals surface area contributed by atoms with Crippen LogP contribution in [-0.2, 0) is 12.7 Å². The second-order valence-corrected chi connectivity index (χ2v) is 3.52. The van der Waals surface area contributed by atoms with Gasteiger partial charge in [-0.1, -0.05) is 30.3 Å². The Balaban J connectivity index is 2.84. The van der Waals surface area contributed by atoms with E-state index < -0.39 is 11.7 Å². The van der Waals surface area contributed by atoms with Gasteiger partial charge in [-0.2, -0.15) is 13.2 Å². The van der Waals surface area contributed by atoms with Crippen molar-refractivity contribution in [1.29, 1.82) is 0 Å². The highest BCUT2D eigenvalue weighted by molar-refractivity contribution is 5.89. The number of hydrogen-bond acceptors (Lipinski definition) is 1. The Bertz CT molecular complexity index is 512. The Kier molecular flexibility index (Phi) is 2.59. The first-order valence-corrected chi connectivity index (χ1v) is 4.82. The van der Waals surface area contributed by atoms with Crippen LogP contribution in [0.1, 0.15) is 11.1 Å². The van der Waals surface area contributed by atoms with E-state index in [1.807, 2.05) is 0 Å². The number of alkyl halides is 3. The molecule has 4 heteroatoms. The molecule has 0 radical (unpaired) electrons. The molecule has 0 amide bonds. The standard InChI is InChI=1S/C12H10F3N/c13-12(14,15)10-6-2-4-8-3-1-5-9(7-16)11(8)10/h1-6H,7,16H2. The van der Waals surface area contributed by atoms with Crippen LogP contribution in [0.25, 0.3) is 10.8 Å². The largest absolute Gasteiger partial charge is 0.417 e. The molecular weight excluding hydrogens is 215 g/mol. The van der Waals surface area contributed by atoms with E-state index in [2.05, 4.69) is 0 Å². The van der Waals surface area contributed by atoms with E-state index in [1.165, 1.54) is 6.07 Å². The van der Waals surface area contributed by atoms with Gasteiger partial charge in [0.15, 0.2) is 0 Å². The topological polar surface area (TPSA) is 26.0 Å². The van der Waals surface area contributed by atoms with Gasteiger partial charge in [0.2, 0.25) is 0 Å². The monoisotopic (exact) mass is 225 g/mol. The van der Waals surface area contributed by atoms with E-state index in [0.29, 0.717) is 10.9 Å². The van der Waals surface area contributed by atoms with Gasteiger partial charge in [0.1, 0.15) is 0 Å². The van der Waals surface area contributed by atoms with E-state index >= 15 is 0 Å². The van der Waals surface area contributed by atoms with Crippen LogP contribution in [0.4, 0.5) is 13.2 Å². The quantitative estimate of drug-likeness (QED) is 0.791. The lowest BCUT2D eigenvalue weighted by Crippen LogP contribution is -2.08. The van der Waals surface area contributed by atoms with Crippen LogP contribution in [0.5, 0.6) is 0 Å². The molecule has 0 saturated carbocycles. The fraction of sp³-hybridized carbons (Fsp3) is 0.167. The molecule has 0 aromatic heterocycles. The highest BCUT2D eigenvalue weighted by atomic mass is 19.4. The molecule has 2 aromatic carbocycles. The molecule has 0 bridgehead atoms. The third kappa shape index (κ3) is 1.76. The van der Waals surface area contributed by atoms with Crippen LogP contribution in [0.3, 0.4) is 0 Å². The highest BCUT2D eigenvalue weighted by Gasteiger charge is 2.32. The lowest BCUT2D eigenvalue weighted by atomic mass is 9.99. The molecule has 1 nitrogen and oxygen atoms in total. The van der Waals surface area contributed by atoms with Crippen molar-refractivity contribution in [3.63, 3.8) is 0 Å². The summed E-state index contributed by atoms with van der Waals surface area (Å²) in [6, 6.07) is 9.14. The lowest BCUT2D eigenvalue weighted by molar-refractivity contribution is -0.136. The number of fused-ring (bicyclic) bond motifs is 1. The van der Waals surface area contributed by atoms with Crippen molar-refractivity contribution in [3.05, 3.63) is 47.5 Å². The summed E-state index contributed by atoms with van der Waals surface area (Å²) in [6.45, 7) is 0.102. The smallest absolute Gasteiger partial charge is 0.326 e. The third-order valence-electron chi connectivity index (χ3n) is 2.52. The van der Waals surface area contributed by atoms with Gasteiger partial charge in [0.05, 0.1) is 5.56 Å². The van der Waals surface area contributed by atoms with Gasteiger partial charge in [0.25, 0.3) is 0 Å². The summed E-state index contributed by atoms with van der Waals surface area (Å²) in [5, 5.41) is 0.776. The molecule has 0 unspecified atom stereocenters. The number of nitrogens with two attached hydrogens (primary N) is 1. The average Bonchev–Trinajstić information content (AvgIpc) is 2.26. The van der Waals surface area contributed by atoms with Gasteiger partial charge in [0, 0.05) is 6.54 Å². The minimum atomic E-state index is -4.34. The molecule has 0 spiro atoms. The maximum absolute atomic E-state index is 12.8. The second-order valence-electron chi connectivity index (χ2n) is 3.52. The van der Waals surface area contributed by atoms with E-state index in [9.17, 15) is 13.2 Å². The number of halogens is 3. The van der Waals surface area contributed by atoms with Gasteiger partial charge >= 0.3 is 6.18 Å². The van der Waals surface area contributed by atoms with Crippen LogP contribution < -0.4 is 5.73 Å². The summed E-state index contributed by atoms with van der Waals surface area (Å²) >= 11 is 0. The van der Waals surface area contributed by atoms with Crippen LogP contribution in [0.2, 0.25) is 0 Å². The average molecular weight is 225 g/mol. The van der Waals surface area contributed by atoms with Gasteiger partial charge in [-0.15, -0.1) is 0 Å². The van der Waals surface area contributed by atoms with E-state index in [0.717, 1.165) is 6.07 Å². The Hall–Kier alpha value is -1.55. The summed E-state index contributed by atoms with van der Waals surface area (Å²) in [4.78, 5) is 0. The van der Waals surface area contributed by atoms with Crippen molar-refractivity contribution < 1.29 is 13.2 Å². The van der Waals surface area contributed by atoms with E-state index in [-0.39, 0.29) is 11.9 Å². The predicted molar refractivity (Wildman–Crippen MR) is 56.8 cm³/mol. The Morgan fingerprint density at radius 1 is 1.00 bits per heavy atom. The maximum Gasteiger partial charge on any atom is 0.417 e. The summed E-state index contributed by atoms with van der Waals surface area (Å²) < 4.78 is 38.4.